The predicted molar refractivity (Wildman–Crippen MR) is 110 cm³/mol. The van der Waals surface area contributed by atoms with Crippen LogP contribution in [0.5, 0.6) is 5.75 Å². The van der Waals surface area contributed by atoms with Crippen LogP contribution in [0.25, 0.3) is 0 Å². The van der Waals surface area contributed by atoms with Crippen LogP contribution >= 0.6 is 0 Å². The predicted octanol–water partition coefficient (Wildman–Crippen LogP) is 3.12. The molecule has 0 aliphatic carbocycles. The van der Waals surface area contributed by atoms with Crippen LogP contribution in [0.1, 0.15) is 24.0 Å². The normalized spacial score (nSPS) is 19.2. The topological polar surface area (TPSA) is 53.1 Å². The van der Waals surface area contributed by atoms with Gasteiger partial charge in [0.25, 0.3) is 5.91 Å². The third-order valence-corrected chi connectivity index (χ3v) is 6.21. The number of carbonyl (C=O) groups excluding carboxylic acids is 2. The third kappa shape index (κ3) is 3.60. The zero-order chi connectivity index (χ0) is 20.4. The molecule has 3 amide bonds. The molecule has 0 unspecified atom stereocenters. The largest absolute Gasteiger partial charge is 0.497 e. The number of likely N-dealkylation sites (tertiary alicyclic amines) is 1. The Balaban J connectivity index is 1.44. The molecule has 6 nitrogen and oxygen atoms in total. The first-order valence-electron chi connectivity index (χ1n) is 10.0. The van der Waals surface area contributed by atoms with E-state index in [1.54, 1.807) is 19.1 Å². The summed E-state index contributed by atoms with van der Waals surface area (Å²) in [4.78, 5) is 31.5. The van der Waals surface area contributed by atoms with E-state index in [9.17, 15) is 9.59 Å². The number of nitrogens with zero attached hydrogens (tertiary/aromatic N) is 3. The van der Waals surface area contributed by atoms with Crippen LogP contribution in [0.3, 0.4) is 0 Å². The number of hydrogen-bond acceptors (Lipinski definition) is 4. The maximum absolute atomic E-state index is 13.3. The Kier molecular flexibility index (Phi) is 5.28. The van der Waals surface area contributed by atoms with Crippen LogP contribution in [0.4, 0.5) is 4.79 Å². The van der Waals surface area contributed by atoms with Crippen LogP contribution in [0.2, 0.25) is 0 Å². The molecule has 2 aliphatic rings. The highest BCUT2D eigenvalue weighted by atomic mass is 16.5. The Labute approximate surface area is 171 Å². The van der Waals surface area contributed by atoms with Gasteiger partial charge in [-0.1, -0.05) is 42.5 Å². The Bertz CT molecular complexity index is 891. The first-order valence-corrected chi connectivity index (χ1v) is 10.0. The molecule has 0 atom stereocenters. The summed E-state index contributed by atoms with van der Waals surface area (Å²) in [5.41, 5.74) is 1.44. The molecule has 4 rings (SSSR count). The molecule has 0 bridgehead atoms. The van der Waals surface area contributed by atoms with Gasteiger partial charge in [0, 0.05) is 26.7 Å². The van der Waals surface area contributed by atoms with Gasteiger partial charge in [-0.15, -0.1) is 0 Å². The van der Waals surface area contributed by atoms with E-state index < -0.39 is 5.54 Å². The van der Waals surface area contributed by atoms with Crippen molar-refractivity contribution in [2.45, 2.75) is 31.5 Å². The highest BCUT2D eigenvalue weighted by Gasteiger charge is 2.56. The number of benzene rings is 2. The van der Waals surface area contributed by atoms with Crippen molar-refractivity contribution in [3.63, 3.8) is 0 Å². The first-order chi connectivity index (χ1) is 14.0. The van der Waals surface area contributed by atoms with Gasteiger partial charge < -0.3 is 9.64 Å². The number of methoxy groups -OCH3 is 1. The molecular weight excluding hydrogens is 366 g/mol. The number of urea groups is 1. The summed E-state index contributed by atoms with van der Waals surface area (Å²) in [7, 11) is 3.44. The van der Waals surface area contributed by atoms with Crippen LogP contribution in [0, 0.1) is 0 Å². The number of rotatable bonds is 5. The Morgan fingerprint density at radius 2 is 1.62 bits per heavy atom. The van der Waals surface area contributed by atoms with E-state index in [2.05, 4.69) is 11.0 Å². The smallest absolute Gasteiger partial charge is 0.327 e. The molecule has 2 aromatic rings. The van der Waals surface area contributed by atoms with Crippen molar-refractivity contribution >= 4 is 11.9 Å². The molecule has 29 heavy (non-hydrogen) atoms. The number of ether oxygens (including phenoxy) is 1. The van der Waals surface area contributed by atoms with Gasteiger partial charge in [-0.05, 0) is 36.1 Å². The number of amides is 3. The fourth-order valence-corrected chi connectivity index (χ4v) is 4.41. The van der Waals surface area contributed by atoms with Crippen molar-refractivity contribution in [1.29, 1.82) is 0 Å². The second kappa shape index (κ2) is 7.87. The third-order valence-electron chi connectivity index (χ3n) is 6.21. The van der Waals surface area contributed by atoms with E-state index in [0.29, 0.717) is 19.4 Å². The van der Waals surface area contributed by atoms with Crippen LogP contribution in [-0.4, -0.2) is 59.4 Å². The van der Waals surface area contributed by atoms with Gasteiger partial charge in [-0.3, -0.25) is 14.6 Å². The summed E-state index contributed by atoms with van der Waals surface area (Å²) in [6.45, 7) is 2.70. The highest BCUT2D eigenvalue weighted by Crippen LogP contribution is 2.37. The Morgan fingerprint density at radius 1 is 0.931 bits per heavy atom. The lowest BCUT2D eigenvalue weighted by molar-refractivity contribution is -0.135. The number of piperidine rings is 1. The van der Waals surface area contributed by atoms with E-state index in [-0.39, 0.29) is 11.9 Å². The second-order valence-electron chi connectivity index (χ2n) is 7.88. The van der Waals surface area contributed by atoms with Gasteiger partial charge >= 0.3 is 6.03 Å². The summed E-state index contributed by atoms with van der Waals surface area (Å²) in [5, 5.41) is 0. The van der Waals surface area contributed by atoms with Gasteiger partial charge in [0.05, 0.1) is 13.7 Å². The number of carbonyl (C=O) groups is 2. The lowest BCUT2D eigenvalue weighted by Crippen LogP contribution is -2.55. The van der Waals surface area contributed by atoms with E-state index in [4.69, 9.17) is 4.74 Å². The summed E-state index contributed by atoms with van der Waals surface area (Å²) in [5.74, 6) is 0.790. The molecule has 2 aliphatic heterocycles. The molecule has 2 heterocycles. The van der Waals surface area contributed by atoms with E-state index in [1.165, 1.54) is 10.5 Å². The van der Waals surface area contributed by atoms with Crippen molar-refractivity contribution in [2.24, 2.45) is 0 Å². The Morgan fingerprint density at radius 3 is 2.31 bits per heavy atom. The maximum Gasteiger partial charge on any atom is 0.327 e. The van der Waals surface area contributed by atoms with E-state index in [0.717, 1.165) is 30.9 Å². The number of imide groups is 1. The summed E-state index contributed by atoms with van der Waals surface area (Å²) in [6, 6.07) is 17.6. The van der Waals surface area contributed by atoms with Crippen LogP contribution in [-0.2, 0) is 17.9 Å². The summed E-state index contributed by atoms with van der Waals surface area (Å²) in [6.07, 6.45) is 1.31. The quantitative estimate of drug-likeness (QED) is 0.733. The zero-order valence-corrected chi connectivity index (χ0v) is 17.0. The molecule has 1 spiro atoms. The zero-order valence-electron chi connectivity index (χ0n) is 17.0. The Hall–Kier alpha value is -2.86. The van der Waals surface area contributed by atoms with Crippen molar-refractivity contribution in [3.8, 4) is 5.75 Å². The van der Waals surface area contributed by atoms with Gasteiger partial charge in [-0.25, -0.2) is 4.79 Å². The maximum atomic E-state index is 13.3. The molecule has 0 N–H and O–H groups in total. The van der Waals surface area contributed by atoms with Gasteiger partial charge in [-0.2, -0.15) is 0 Å². The van der Waals surface area contributed by atoms with Crippen molar-refractivity contribution in [2.75, 3.05) is 27.2 Å². The highest BCUT2D eigenvalue weighted by molar-refractivity contribution is 6.06. The molecule has 0 aromatic heterocycles. The van der Waals surface area contributed by atoms with Crippen molar-refractivity contribution in [3.05, 3.63) is 65.7 Å². The monoisotopic (exact) mass is 393 g/mol. The fraction of sp³-hybridized carbons (Fsp3) is 0.391. The van der Waals surface area contributed by atoms with Gasteiger partial charge in [0.2, 0.25) is 0 Å². The van der Waals surface area contributed by atoms with Gasteiger partial charge in [0.1, 0.15) is 11.3 Å². The summed E-state index contributed by atoms with van der Waals surface area (Å²) < 4.78 is 5.31. The lowest BCUT2D eigenvalue weighted by Gasteiger charge is -2.40. The lowest BCUT2D eigenvalue weighted by atomic mass is 9.86. The fourth-order valence-electron chi connectivity index (χ4n) is 4.41. The minimum Gasteiger partial charge on any atom is -0.497 e. The molecule has 2 fully saturated rings. The molecule has 2 aromatic carbocycles. The number of likely N-dealkylation sites (N-methyl/N-ethyl adjacent to an activating group) is 1. The standard InChI is InChI=1S/C23H27N3O3/c1-24-22(28)26(17-18-7-4-3-5-8-18)21(27)23(24)11-13-25(14-12-23)16-19-9-6-10-20(15-19)29-2/h3-10,15H,11-14,16-17H2,1-2H3. The van der Waals surface area contributed by atoms with E-state index in [1.807, 2.05) is 48.5 Å². The summed E-state index contributed by atoms with van der Waals surface area (Å²) >= 11 is 0. The molecule has 6 heteroatoms. The molecular formula is C23H27N3O3. The second-order valence-corrected chi connectivity index (χ2v) is 7.88. The molecule has 2 saturated heterocycles. The van der Waals surface area contributed by atoms with Crippen molar-refractivity contribution in [1.82, 2.24) is 14.7 Å². The average molecular weight is 393 g/mol. The average Bonchev–Trinajstić information content (AvgIpc) is 2.92. The first kappa shape index (κ1) is 19.5. The van der Waals surface area contributed by atoms with Gasteiger partial charge in [0.15, 0.2) is 0 Å². The minimum atomic E-state index is -0.712. The van der Waals surface area contributed by atoms with Crippen LogP contribution in [0.15, 0.2) is 54.6 Å². The SMILES string of the molecule is COc1cccc(CN2CCC3(CC2)C(=O)N(Cc2ccccc2)C(=O)N3C)c1. The van der Waals surface area contributed by atoms with E-state index >= 15 is 0 Å². The molecule has 0 saturated carbocycles. The molecule has 152 valence electrons. The number of hydrogen-bond donors (Lipinski definition) is 0. The van der Waals surface area contributed by atoms with Crippen LogP contribution < -0.4 is 4.74 Å². The molecule has 0 radical (unpaired) electrons. The van der Waals surface area contributed by atoms with Crippen molar-refractivity contribution < 1.29 is 14.3 Å². The minimum absolute atomic E-state index is 0.0603.